The van der Waals surface area contributed by atoms with Gasteiger partial charge in [-0.1, -0.05) is 18.2 Å². The number of carbonyl (C=O) groups excluding carboxylic acids is 1. The van der Waals surface area contributed by atoms with Crippen LogP contribution < -0.4 is 15.3 Å². The summed E-state index contributed by atoms with van der Waals surface area (Å²) < 4.78 is 53.0. The third-order valence-corrected chi connectivity index (χ3v) is 7.64. The number of para-hydroxylation sites is 1. The van der Waals surface area contributed by atoms with Crippen LogP contribution in [0.2, 0.25) is 0 Å². The second-order valence-corrected chi connectivity index (χ2v) is 11.4. The number of rotatable bonds is 11. The summed E-state index contributed by atoms with van der Waals surface area (Å²) in [7, 11) is -4.25. The number of aliphatic hydroxyl groups is 1. The molecule has 3 aromatic rings. The van der Waals surface area contributed by atoms with Gasteiger partial charge in [-0.2, -0.15) is 5.09 Å². The van der Waals surface area contributed by atoms with Crippen molar-refractivity contribution in [1.82, 2.24) is 24.6 Å². The van der Waals surface area contributed by atoms with E-state index in [0.29, 0.717) is 11.3 Å². The fourth-order valence-corrected chi connectivity index (χ4v) is 5.47. The number of nitrogen functional groups attached to an aromatic ring is 1. The van der Waals surface area contributed by atoms with Gasteiger partial charge >= 0.3 is 13.7 Å². The van der Waals surface area contributed by atoms with Crippen LogP contribution in [0.1, 0.15) is 33.9 Å². The molecule has 2 aromatic heterocycles. The van der Waals surface area contributed by atoms with Gasteiger partial charge in [0.25, 0.3) is 0 Å². The minimum atomic E-state index is -4.25. The van der Waals surface area contributed by atoms with Crippen LogP contribution in [0.4, 0.5) is 10.3 Å². The Hall–Kier alpha value is -3.42. The molecule has 1 unspecified atom stereocenters. The van der Waals surface area contributed by atoms with Gasteiger partial charge in [0.15, 0.2) is 11.9 Å². The standard InChI is InChI=1S/C25H32FN6O7P/c1-15(2)37-22(34)16(3)31-40(35,39-18-8-6-5-7-9-18)36-13-20-21(33)25(4,26)23(38-20)32-12-19(30-14-32)17-10-28-24(27)29-11-17/h5-12,14-16,20-21,23,33H,13H2,1-4H3,(H,31,35)(H2,27,28,29)/t16-,20+,21-,23+,25?,40-/m0/s1. The molecule has 3 heterocycles. The summed E-state index contributed by atoms with van der Waals surface area (Å²) in [5, 5.41) is 13.3. The van der Waals surface area contributed by atoms with Crippen molar-refractivity contribution in [3.05, 3.63) is 55.2 Å². The predicted octanol–water partition coefficient (Wildman–Crippen LogP) is 3.04. The van der Waals surface area contributed by atoms with Gasteiger partial charge in [0.2, 0.25) is 5.95 Å². The van der Waals surface area contributed by atoms with Crippen LogP contribution in [0.25, 0.3) is 11.3 Å². The summed E-state index contributed by atoms with van der Waals surface area (Å²) in [5.41, 5.74) is 4.22. The molecule has 216 valence electrons. The lowest BCUT2D eigenvalue weighted by molar-refractivity contribution is -0.149. The third kappa shape index (κ3) is 6.83. The molecule has 13 nitrogen and oxygen atoms in total. The maximum atomic E-state index is 15.8. The molecule has 0 aliphatic carbocycles. The number of aromatic nitrogens is 4. The Kier molecular flexibility index (Phi) is 8.86. The van der Waals surface area contributed by atoms with E-state index in [-0.39, 0.29) is 11.7 Å². The number of hydrogen-bond donors (Lipinski definition) is 3. The molecule has 1 aromatic carbocycles. The number of alkyl halides is 1. The Bertz CT molecular complexity index is 1340. The number of nitrogens with two attached hydrogens (primary N) is 1. The number of aliphatic hydroxyl groups excluding tert-OH is 1. The van der Waals surface area contributed by atoms with Gasteiger partial charge in [0.1, 0.15) is 24.0 Å². The summed E-state index contributed by atoms with van der Waals surface area (Å²) in [5.74, 6) is -0.383. The lowest BCUT2D eigenvalue weighted by atomic mass is 9.99. The van der Waals surface area contributed by atoms with Crippen LogP contribution in [-0.2, 0) is 23.4 Å². The third-order valence-electron chi connectivity index (χ3n) is 5.99. The molecule has 0 spiro atoms. The Balaban J connectivity index is 1.49. The molecule has 1 aliphatic rings. The largest absolute Gasteiger partial charge is 0.462 e. The number of esters is 1. The summed E-state index contributed by atoms with van der Waals surface area (Å²) in [6.07, 6.45) is 1.19. The van der Waals surface area contributed by atoms with E-state index >= 15 is 4.39 Å². The SMILES string of the molecule is CC(C)OC(=O)[C@H](C)N[P@](=O)(OC[C@H]1O[C@@H](n2cnc(-c3cnc(N)nc3)c2)C(C)(F)[C@H]1O)Oc1ccccc1. The van der Waals surface area contributed by atoms with Gasteiger partial charge < -0.3 is 29.4 Å². The molecule has 0 saturated carbocycles. The second kappa shape index (κ2) is 12.0. The van der Waals surface area contributed by atoms with Crippen molar-refractivity contribution in [1.29, 1.82) is 0 Å². The highest BCUT2D eigenvalue weighted by atomic mass is 31.2. The topological polar surface area (TPSA) is 173 Å². The number of anilines is 1. The number of benzene rings is 1. The maximum absolute atomic E-state index is 15.8. The van der Waals surface area contributed by atoms with Crippen LogP contribution in [-0.4, -0.2) is 67.2 Å². The molecule has 0 bridgehead atoms. The van der Waals surface area contributed by atoms with Crippen molar-refractivity contribution in [2.24, 2.45) is 0 Å². The Labute approximate surface area is 230 Å². The highest BCUT2D eigenvalue weighted by Crippen LogP contribution is 2.47. The highest BCUT2D eigenvalue weighted by Gasteiger charge is 2.55. The van der Waals surface area contributed by atoms with Crippen LogP contribution in [0, 0.1) is 0 Å². The van der Waals surface area contributed by atoms with Crippen LogP contribution in [0.15, 0.2) is 55.2 Å². The normalized spacial score (nSPS) is 24.9. The molecule has 15 heteroatoms. The number of carbonyl (C=O) groups is 1. The number of nitrogens with one attached hydrogen (secondary N) is 1. The number of nitrogens with zero attached hydrogens (tertiary/aromatic N) is 4. The average molecular weight is 579 g/mol. The van der Waals surface area contributed by atoms with Crippen molar-refractivity contribution in [2.45, 2.75) is 63.9 Å². The first-order chi connectivity index (χ1) is 18.9. The van der Waals surface area contributed by atoms with Crippen molar-refractivity contribution < 1.29 is 37.4 Å². The van der Waals surface area contributed by atoms with Gasteiger partial charge in [0, 0.05) is 24.2 Å². The van der Waals surface area contributed by atoms with E-state index in [0.717, 1.165) is 0 Å². The molecular formula is C25H32FN6O7P. The van der Waals surface area contributed by atoms with Crippen molar-refractivity contribution in [3.63, 3.8) is 0 Å². The predicted molar refractivity (Wildman–Crippen MR) is 142 cm³/mol. The Morgan fingerprint density at radius 1 is 1.25 bits per heavy atom. The summed E-state index contributed by atoms with van der Waals surface area (Å²) in [6, 6.07) is 7.08. The zero-order chi connectivity index (χ0) is 29.1. The minimum Gasteiger partial charge on any atom is -0.462 e. The maximum Gasteiger partial charge on any atom is 0.459 e. The van der Waals surface area contributed by atoms with Crippen LogP contribution in [0.5, 0.6) is 5.75 Å². The number of imidazole rings is 1. The Morgan fingerprint density at radius 2 is 1.93 bits per heavy atom. The monoisotopic (exact) mass is 578 g/mol. The molecule has 0 radical (unpaired) electrons. The minimum absolute atomic E-state index is 0.0961. The van der Waals surface area contributed by atoms with Gasteiger partial charge in [-0.05, 0) is 39.8 Å². The lowest BCUT2D eigenvalue weighted by Gasteiger charge is -2.25. The van der Waals surface area contributed by atoms with Crippen LogP contribution >= 0.6 is 7.75 Å². The lowest BCUT2D eigenvalue weighted by Crippen LogP contribution is -2.41. The average Bonchev–Trinajstić information content (AvgIpc) is 3.46. The van der Waals surface area contributed by atoms with Gasteiger partial charge in [0.05, 0.1) is 24.7 Å². The molecule has 6 atom stereocenters. The number of halogens is 1. The first kappa shape index (κ1) is 29.6. The van der Waals surface area contributed by atoms with Crippen molar-refractivity contribution in [2.75, 3.05) is 12.3 Å². The van der Waals surface area contributed by atoms with Crippen molar-refractivity contribution in [3.8, 4) is 17.0 Å². The van der Waals surface area contributed by atoms with Gasteiger partial charge in [-0.3, -0.25) is 9.32 Å². The first-order valence-corrected chi connectivity index (χ1v) is 14.0. The molecular weight excluding hydrogens is 546 g/mol. The summed E-state index contributed by atoms with van der Waals surface area (Å²) in [4.78, 5) is 24.4. The van der Waals surface area contributed by atoms with Gasteiger partial charge in [-0.15, -0.1) is 0 Å². The quantitative estimate of drug-likeness (QED) is 0.225. The smallest absolute Gasteiger partial charge is 0.459 e. The molecule has 4 N–H and O–H groups in total. The van der Waals surface area contributed by atoms with E-state index in [2.05, 4.69) is 20.0 Å². The first-order valence-electron chi connectivity index (χ1n) is 12.5. The van der Waals surface area contributed by atoms with Crippen molar-refractivity contribution >= 4 is 19.7 Å². The van der Waals surface area contributed by atoms with E-state index in [1.54, 1.807) is 44.2 Å². The molecule has 4 rings (SSSR count). The second-order valence-electron chi connectivity index (χ2n) is 9.69. The van der Waals surface area contributed by atoms with Gasteiger partial charge in [-0.25, -0.2) is 23.9 Å². The Morgan fingerprint density at radius 3 is 2.58 bits per heavy atom. The van der Waals surface area contributed by atoms with Crippen LogP contribution in [0.3, 0.4) is 0 Å². The van der Waals surface area contributed by atoms with E-state index in [4.69, 9.17) is 24.3 Å². The fourth-order valence-electron chi connectivity index (χ4n) is 3.97. The van der Waals surface area contributed by atoms with E-state index < -0.39 is 56.6 Å². The molecule has 0 amide bonds. The number of ether oxygens (including phenoxy) is 2. The zero-order valence-corrected chi connectivity index (χ0v) is 23.3. The molecule has 1 saturated heterocycles. The van der Waals surface area contributed by atoms with E-state index in [1.165, 1.54) is 43.3 Å². The fraction of sp³-hybridized carbons (Fsp3) is 0.440. The summed E-state index contributed by atoms with van der Waals surface area (Å²) >= 11 is 0. The number of hydrogen-bond acceptors (Lipinski definition) is 11. The molecule has 1 fully saturated rings. The van der Waals surface area contributed by atoms with E-state index in [1.807, 2.05) is 0 Å². The molecule has 40 heavy (non-hydrogen) atoms. The zero-order valence-electron chi connectivity index (χ0n) is 22.4. The van der Waals surface area contributed by atoms with E-state index in [9.17, 15) is 14.5 Å². The summed E-state index contributed by atoms with van der Waals surface area (Å²) in [6.45, 7) is 5.44. The molecule has 1 aliphatic heterocycles. The highest BCUT2D eigenvalue weighted by molar-refractivity contribution is 7.52.